The second-order valence-corrected chi connectivity index (χ2v) is 4.53. The summed E-state index contributed by atoms with van der Waals surface area (Å²) in [5.41, 5.74) is 0.541. The summed E-state index contributed by atoms with van der Waals surface area (Å²) in [4.78, 5) is 22.2. The molecule has 2 aromatic rings. The van der Waals surface area contributed by atoms with Crippen molar-refractivity contribution < 1.29 is 5.11 Å². The number of aliphatic hydroxyl groups excluding tert-OH is 1. The Bertz CT molecular complexity index is 601. The van der Waals surface area contributed by atoms with Gasteiger partial charge in [0.1, 0.15) is 6.33 Å². The third kappa shape index (κ3) is 2.14. The average Bonchev–Trinajstić information content (AvgIpc) is 3.08. The van der Waals surface area contributed by atoms with Crippen LogP contribution in [0.1, 0.15) is 18.5 Å². The fourth-order valence-corrected chi connectivity index (χ4v) is 2.12. The summed E-state index contributed by atoms with van der Waals surface area (Å²) >= 11 is 0. The number of aromatic nitrogens is 4. The zero-order valence-electron chi connectivity index (χ0n) is 9.91. The van der Waals surface area contributed by atoms with Crippen molar-refractivity contribution in [1.29, 1.82) is 0 Å². The molecular weight excluding hydrogens is 234 g/mol. The maximum absolute atomic E-state index is 11.8. The molecule has 7 heteroatoms. The Morgan fingerprint density at radius 3 is 3.11 bits per heavy atom. The van der Waals surface area contributed by atoms with Gasteiger partial charge in [-0.05, 0) is 12.8 Å². The van der Waals surface area contributed by atoms with E-state index < -0.39 is 0 Å². The minimum Gasteiger partial charge on any atom is -0.395 e. The molecule has 1 aliphatic rings. The molecule has 0 unspecified atom stereocenters. The topological polar surface area (TPSA) is 86.5 Å². The van der Waals surface area contributed by atoms with Crippen molar-refractivity contribution in [3.63, 3.8) is 0 Å². The monoisotopic (exact) mass is 249 g/mol. The molecule has 0 aliphatic heterocycles. The second kappa shape index (κ2) is 4.51. The minimum atomic E-state index is -0.160. The molecule has 1 saturated carbocycles. The van der Waals surface area contributed by atoms with E-state index in [0.29, 0.717) is 30.6 Å². The molecule has 96 valence electrons. The van der Waals surface area contributed by atoms with Gasteiger partial charge in [-0.15, -0.1) is 0 Å². The van der Waals surface area contributed by atoms with Crippen LogP contribution >= 0.6 is 0 Å². The number of hydrogen-bond acceptors (Lipinski definition) is 5. The van der Waals surface area contributed by atoms with Gasteiger partial charge < -0.3 is 5.11 Å². The van der Waals surface area contributed by atoms with E-state index in [4.69, 9.17) is 5.11 Å². The molecular formula is C11H15N5O2. The van der Waals surface area contributed by atoms with Gasteiger partial charge in [0.15, 0.2) is 0 Å². The van der Waals surface area contributed by atoms with Crippen molar-refractivity contribution in [2.24, 2.45) is 0 Å². The van der Waals surface area contributed by atoms with E-state index in [0.717, 1.165) is 12.8 Å². The van der Waals surface area contributed by atoms with E-state index >= 15 is 0 Å². The fraction of sp³-hybridized carbons (Fsp3) is 0.545. The van der Waals surface area contributed by atoms with Crippen LogP contribution in [0.3, 0.4) is 0 Å². The van der Waals surface area contributed by atoms with Crippen LogP contribution in [0.5, 0.6) is 0 Å². The lowest BCUT2D eigenvalue weighted by Crippen LogP contribution is -2.30. The Morgan fingerprint density at radius 2 is 2.39 bits per heavy atom. The number of aromatic amines is 1. The number of nitrogens with one attached hydrogen (secondary N) is 1. The first kappa shape index (κ1) is 11.4. The van der Waals surface area contributed by atoms with Gasteiger partial charge in [0.25, 0.3) is 11.3 Å². The van der Waals surface area contributed by atoms with Gasteiger partial charge in [0.2, 0.25) is 0 Å². The number of H-pyrrole nitrogens is 1. The summed E-state index contributed by atoms with van der Waals surface area (Å²) in [6, 6.07) is 2.04. The Labute approximate surface area is 103 Å². The lowest BCUT2D eigenvalue weighted by Gasteiger charge is -2.19. The maximum Gasteiger partial charge on any atom is 0.274 e. The van der Waals surface area contributed by atoms with Crippen molar-refractivity contribution >= 4 is 5.78 Å². The van der Waals surface area contributed by atoms with E-state index in [2.05, 4.69) is 20.0 Å². The Balaban J connectivity index is 1.86. The Hall–Kier alpha value is -1.73. The third-order valence-corrected chi connectivity index (χ3v) is 3.14. The molecule has 0 bridgehead atoms. The van der Waals surface area contributed by atoms with Crippen LogP contribution in [0.15, 0.2) is 17.2 Å². The summed E-state index contributed by atoms with van der Waals surface area (Å²) in [5, 5.41) is 11.7. The van der Waals surface area contributed by atoms with Gasteiger partial charge in [-0.1, -0.05) is 0 Å². The fourth-order valence-electron chi connectivity index (χ4n) is 2.12. The highest BCUT2D eigenvalue weighted by Gasteiger charge is 2.28. The molecule has 0 radical (unpaired) electrons. The van der Waals surface area contributed by atoms with Crippen LogP contribution in [0.4, 0.5) is 0 Å². The van der Waals surface area contributed by atoms with Crippen LogP contribution in [0, 0.1) is 0 Å². The second-order valence-electron chi connectivity index (χ2n) is 4.53. The first-order valence-corrected chi connectivity index (χ1v) is 6.05. The van der Waals surface area contributed by atoms with E-state index in [-0.39, 0.29) is 12.2 Å². The van der Waals surface area contributed by atoms with Gasteiger partial charge in [-0.25, -0.2) is 9.97 Å². The van der Waals surface area contributed by atoms with Gasteiger partial charge in [0, 0.05) is 25.2 Å². The number of aliphatic hydroxyl groups is 1. The lowest BCUT2D eigenvalue weighted by molar-refractivity contribution is 0.182. The van der Waals surface area contributed by atoms with Crippen molar-refractivity contribution in [2.75, 3.05) is 13.2 Å². The van der Waals surface area contributed by atoms with Crippen molar-refractivity contribution in [2.45, 2.75) is 25.4 Å². The highest BCUT2D eigenvalue weighted by atomic mass is 16.3. The molecule has 0 saturated heterocycles. The van der Waals surface area contributed by atoms with Crippen LogP contribution in [0.25, 0.3) is 5.78 Å². The highest BCUT2D eigenvalue weighted by molar-refractivity contribution is 5.26. The largest absolute Gasteiger partial charge is 0.395 e. The summed E-state index contributed by atoms with van der Waals surface area (Å²) in [6.45, 7) is 1.33. The van der Waals surface area contributed by atoms with Crippen LogP contribution in [-0.4, -0.2) is 48.8 Å². The van der Waals surface area contributed by atoms with Crippen LogP contribution in [-0.2, 0) is 6.54 Å². The molecule has 0 spiro atoms. The van der Waals surface area contributed by atoms with Gasteiger partial charge in [0.05, 0.1) is 12.3 Å². The molecule has 1 fully saturated rings. The summed E-state index contributed by atoms with van der Waals surface area (Å²) in [6.07, 6.45) is 3.76. The van der Waals surface area contributed by atoms with E-state index in [9.17, 15) is 4.79 Å². The standard InChI is InChI=1S/C11H15N5O2/c17-4-3-15(9-1-2-9)6-8-5-10(18)16-11(14-8)12-7-13-16/h5,7,9,17H,1-4,6H2,(H,12,13,14). The number of rotatable bonds is 5. The molecule has 7 nitrogen and oxygen atoms in total. The van der Waals surface area contributed by atoms with E-state index in [1.165, 1.54) is 16.9 Å². The molecule has 2 heterocycles. The molecule has 2 N–H and O–H groups in total. The highest BCUT2D eigenvalue weighted by Crippen LogP contribution is 2.27. The molecule has 0 amide bonds. The Morgan fingerprint density at radius 1 is 1.56 bits per heavy atom. The number of fused-ring (bicyclic) bond motifs is 1. The van der Waals surface area contributed by atoms with Crippen molar-refractivity contribution in [3.05, 3.63) is 28.4 Å². The first-order chi connectivity index (χ1) is 8.78. The SMILES string of the molecule is O=c1cc(CN(CCO)C2CC2)nc2nc[nH]n12. The van der Waals surface area contributed by atoms with Gasteiger partial charge >= 0.3 is 0 Å². The van der Waals surface area contributed by atoms with Gasteiger partial charge in [-0.3, -0.25) is 14.8 Å². The zero-order chi connectivity index (χ0) is 12.5. The molecule has 1 aliphatic carbocycles. The minimum absolute atomic E-state index is 0.125. The molecule has 0 aromatic carbocycles. The van der Waals surface area contributed by atoms with Crippen LogP contribution < -0.4 is 5.56 Å². The molecule has 3 rings (SSSR count). The van der Waals surface area contributed by atoms with Gasteiger partial charge in [-0.2, -0.15) is 4.52 Å². The summed E-state index contributed by atoms with van der Waals surface area (Å²) in [5.74, 6) is 0.386. The van der Waals surface area contributed by atoms with Crippen molar-refractivity contribution in [1.82, 2.24) is 24.5 Å². The summed E-state index contributed by atoms with van der Waals surface area (Å²) in [7, 11) is 0. The maximum atomic E-state index is 11.8. The predicted octanol–water partition coefficient (Wildman–Crippen LogP) is -0.626. The zero-order valence-corrected chi connectivity index (χ0v) is 9.91. The quantitative estimate of drug-likeness (QED) is 0.737. The number of nitrogens with zero attached hydrogens (tertiary/aromatic N) is 4. The first-order valence-electron chi connectivity index (χ1n) is 6.05. The summed E-state index contributed by atoms with van der Waals surface area (Å²) < 4.78 is 1.30. The lowest BCUT2D eigenvalue weighted by atomic mass is 10.3. The smallest absolute Gasteiger partial charge is 0.274 e. The molecule has 2 aromatic heterocycles. The average molecular weight is 249 g/mol. The normalized spacial score (nSPS) is 15.7. The molecule has 18 heavy (non-hydrogen) atoms. The third-order valence-electron chi connectivity index (χ3n) is 3.14. The van der Waals surface area contributed by atoms with Crippen LogP contribution in [0.2, 0.25) is 0 Å². The molecule has 0 atom stereocenters. The Kier molecular flexibility index (Phi) is 2.85. The van der Waals surface area contributed by atoms with Crippen molar-refractivity contribution in [3.8, 4) is 0 Å². The van der Waals surface area contributed by atoms with E-state index in [1.54, 1.807) is 0 Å². The predicted molar refractivity (Wildman–Crippen MR) is 64.1 cm³/mol. The number of hydrogen-bond donors (Lipinski definition) is 2. The van der Waals surface area contributed by atoms with E-state index in [1.807, 2.05) is 0 Å².